The molecular weight excluding hydrogens is 560 g/mol. The molecule has 5 aliphatic rings. The van der Waals surface area contributed by atoms with E-state index in [-0.39, 0.29) is 39.6 Å². The first-order chi connectivity index (χ1) is 20.3. The Morgan fingerprint density at radius 1 is 0.886 bits per heavy atom. The van der Waals surface area contributed by atoms with E-state index in [4.69, 9.17) is 9.47 Å². The van der Waals surface area contributed by atoms with E-state index in [9.17, 15) is 30.6 Å². The summed E-state index contributed by atoms with van der Waals surface area (Å²) >= 11 is 0. The van der Waals surface area contributed by atoms with Gasteiger partial charge in [-0.05, 0) is 124 Å². The van der Waals surface area contributed by atoms with Gasteiger partial charge in [0.05, 0.1) is 24.4 Å². The Kier molecular flexibility index (Phi) is 9.35. The highest BCUT2D eigenvalue weighted by molar-refractivity contribution is 5.20. The quantitative estimate of drug-likeness (QED) is 0.182. The molecule has 1 heterocycles. The molecule has 44 heavy (non-hydrogen) atoms. The van der Waals surface area contributed by atoms with Crippen molar-refractivity contribution in [3.8, 4) is 0 Å². The van der Waals surface area contributed by atoms with Gasteiger partial charge in [0.15, 0.2) is 6.29 Å². The number of ether oxygens (including phenoxy) is 2. The van der Waals surface area contributed by atoms with Crippen molar-refractivity contribution in [2.24, 2.45) is 45.3 Å². The minimum absolute atomic E-state index is 0.0231. The van der Waals surface area contributed by atoms with Crippen molar-refractivity contribution in [1.29, 1.82) is 0 Å². The Balaban J connectivity index is 1.37. The molecule has 1 aliphatic heterocycles. The number of hydrogen-bond donors (Lipinski definition) is 6. The molecule has 1 saturated heterocycles. The molecule has 254 valence electrons. The number of allylic oxidation sites excluding steroid dienone is 2. The van der Waals surface area contributed by atoms with E-state index >= 15 is 0 Å². The van der Waals surface area contributed by atoms with Gasteiger partial charge >= 0.3 is 0 Å². The molecule has 13 unspecified atom stereocenters. The molecule has 0 aromatic rings. The van der Waals surface area contributed by atoms with Crippen LogP contribution in [0.15, 0.2) is 11.6 Å². The van der Waals surface area contributed by atoms with E-state index < -0.39 is 49.0 Å². The van der Waals surface area contributed by atoms with E-state index in [2.05, 4.69) is 54.5 Å². The average molecular weight is 623 g/mol. The van der Waals surface area contributed by atoms with Gasteiger partial charge in [-0.2, -0.15) is 0 Å². The third-order valence-corrected chi connectivity index (χ3v) is 14.5. The molecule has 5 rings (SSSR count). The van der Waals surface area contributed by atoms with Gasteiger partial charge in [-0.3, -0.25) is 0 Å². The second kappa shape index (κ2) is 11.8. The van der Waals surface area contributed by atoms with Crippen LogP contribution in [0.1, 0.15) is 113 Å². The average Bonchev–Trinajstić information content (AvgIpc) is 3.32. The first kappa shape index (κ1) is 34.7. The van der Waals surface area contributed by atoms with E-state index in [1.165, 1.54) is 5.57 Å². The highest BCUT2D eigenvalue weighted by Gasteiger charge is 2.71. The van der Waals surface area contributed by atoms with Gasteiger partial charge in [0, 0.05) is 0 Å². The van der Waals surface area contributed by atoms with Crippen LogP contribution in [-0.2, 0) is 9.47 Å². The SMILES string of the molecule is CC(C)=CCC[C@](C)(O)C1CC[C@]2(C)C1C(O)CC1C3(C)CCC(OC4OC(CO)C(O)C(O)C4O)C(C)(C)C3CCC12C. The van der Waals surface area contributed by atoms with Crippen molar-refractivity contribution in [2.45, 2.75) is 162 Å². The molecule has 5 fully saturated rings. The molecular formula is C36H62O8. The summed E-state index contributed by atoms with van der Waals surface area (Å²) in [5.74, 6) is 0.792. The minimum Gasteiger partial charge on any atom is -0.394 e. The van der Waals surface area contributed by atoms with Gasteiger partial charge in [0.1, 0.15) is 24.4 Å². The minimum atomic E-state index is -1.46. The second-order valence-electron chi connectivity index (χ2n) is 17.3. The first-order valence-corrected chi connectivity index (χ1v) is 17.3. The van der Waals surface area contributed by atoms with Crippen LogP contribution in [-0.4, -0.2) is 85.8 Å². The topological polar surface area (TPSA) is 140 Å². The van der Waals surface area contributed by atoms with Crippen molar-refractivity contribution in [3.63, 3.8) is 0 Å². The summed E-state index contributed by atoms with van der Waals surface area (Å²) in [6, 6.07) is 0. The zero-order chi connectivity index (χ0) is 32.6. The van der Waals surface area contributed by atoms with Crippen LogP contribution < -0.4 is 0 Å². The summed E-state index contributed by atoms with van der Waals surface area (Å²) < 4.78 is 12.2. The number of rotatable bonds is 7. The van der Waals surface area contributed by atoms with Crippen LogP contribution >= 0.6 is 0 Å². The Hall–Kier alpha value is -0.580. The first-order valence-electron chi connectivity index (χ1n) is 17.3. The highest BCUT2D eigenvalue weighted by Crippen LogP contribution is 2.76. The Labute approximate surface area is 265 Å². The van der Waals surface area contributed by atoms with E-state index in [1.54, 1.807) is 0 Å². The van der Waals surface area contributed by atoms with Crippen molar-refractivity contribution >= 4 is 0 Å². The summed E-state index contributed by atoms with van der Waals surface area (Å²) in [6.07, 6.45) is 3.15. The maximum atomic E-state index is 12.0. The lowest BCUT2D eigenvalue weighted by molar-refractivity contribution is -0.332. The molecule has 0 amide bonds. The molecule has 0 bridgehead atoms. The number of fused-ring (bicyclic) bond motifs is 5. The van der Waals surface area contributed by atoms with Gasteiger partial charge in [0.2, 0.25) is 0 Å². The van der Waals surface area contributed by atoms with Gasteiger partial charge < -0.3 is 40.1 Å². The highest BCUT2D eigenvalue weighted by atomic mass is 16.7. The monoisotopic (exact) mass is 622 g/mol. The molecule has 0 aromatic carbocycles. The summed E-state index contributed by atoms with van der Waals surface area (Å²) in [7, 11) is 0. The van der Waals surface area contributed by atoms with Gasteiger partial charge in [-0.15, -0.1) is 0 Å². The number of aliphatic hydroxyl groups is 6. The van der Waals surface area contributed by atoms with Crippen LogP contribution in [0.25, 0.3) is 0 Å². The van der Waals surface area contributed by atoms with Crippen molar-refractivity contribution in [1.82, 2.24) is 0 Å². The van der Waals surface area contributed by atoms with Crippen LogP contribution in [0, 0.1) is 45.3 Å². The smallest absolute Gasteiger partial charge is 0.186 e. The summed E-state index contributed by atoms with van der Waals surface area (Å²) in [6.45, 7) is 17.5. The Bertz CT molecular complexity index is 1070. The molecule has 0 radical (unpaired) electrons. The molecule has 0 aromatic heterocycles. The lowest BCUT2D eigenvalue weighted by atomic mass is 9.35. The summed E-state index contributed by atoms with van der Waals surface area (Å²) in [5.41, 5.74) is 0.122. The van der Waals surface area contributed by atoms with Gasteiger partial charge in [0.25, 0.3) is 0 Å². The van der Waals surface area contributed by atoms with E-state index in [0.717, 1.165) is 51.4 Å². The van der Waals surface area contributed by atoms with Gasteiger partial charge in [-0.1, -0.05) is 46.3 Å². The van der Waals surface area contributed by atoms with Crippen LogP contribution in [0.2, 0.25) is 0 Å². The van der Waals surface area contributed by atoms with E-state index in [0.29, 0.717) is 18.3 Å². The van der Waals surface area contributed by atoms with Crippen molar-refractivity contribution in [2.75, 3.05) is 6.61 Å². The lowest BCUT2D eigenvalue weighted by Gasteiger charge is -2.70. The Morgan fingerprint density at radius 3 is 2.18 bits per heavy atom. The fraction of sp³-hybridized carbons (Fsp3) is 0.944. The normalized spacial score (nSPS) is 51.5. The third kappa shape index (κ3) is 5.26. The summed E-state index contributed by atoms with van der Waals surface area (Å²) in [4.78, 5) is 0. The summed E-state index contributed by atoms with van der Waals surface area (Å²) in [5, 5.41) is 64.8. The van der Waals surface area contributed by atoms with Crippen LogP contribution in [0.4, 0.5) is 0 Å². The molecule has 15 atom stereocenters. The maximum Gasteiger partial charge on any atom is 0.186 e. The zero-order valence-corrected chi connectivity index (χ0v) is 28.5. The molecule has 0 spiro atoms. The Morgan fingerprint density at radius 2 is 1.55 bits per heavy atom. The fourth-order valence-corrected chi connectivity index (χ4v) is 11.9. The van der Waals surface area contributed by atoms with Crippen molar-refractivity contribution in [3.05, 3.63) is 11.6 Å². The van der Waals surface area contributed by atoms with Crippen LogP contribution in [0.3, 0.4) is 0 Å². The molecule has 4 aliphatic carbocycles. The van der Waals surface area contributed by atoms with Gasteiger partial charge in [-0.25, -0.2) is 0 Å². The predicted molar refractivity (Wildman–Crippen MR) is 168 cm³/mol. The predicted octanol–water partition coefficient (Wildman–Crippen LogP) is 4.32. The standard InChI is InChI=1S/C36H62O8/c1-20(2)10-9-14-36(8,42)21-11-16-35(7)27(21)22(38)18-25-33(5)15-13-26(32(3,4)24(33)12-17-34(25,35)6)44-31-30(41)29(40)28(39)23(19-37)43-31/h10,21-31,37-42H,9,11-19H2,1-8H3/t21?,22?,23?,24?,25?,26?,27?,28?,29?,30?,31?,33?,34?,35-,36+/m1/s1. The third-order valence-electron chi connectivity index (χ3n) is 14.5. The lowest BCUT2D eigenvalue weighted by Crippen LogP contribution is -2.67. The molecule has 6 N–H and O–H groups in total. The van der Waals surface area contributed by atoms with E-state index in [1.807, 2.05) is 6.92 Å². The van der Waals surface area contributed by atoms with Crippen molar-refractivity contribution < 1.29 is 40.1 Å². The fourth-order valence-electron chi connectivity index (χ4n) is 11.9. The number of hydrogen-bond acceptors (Lipinski definition) is 8. The second-order valence-corrected chi connectivity index (χ2v) is 17.3. The number of aliphatic hydroxyl groups excluding tert-OH is 5. The maximum absolute atomic E-state index is 12.0. The van der Waals surface area contributed by atoms with Crippen LogP contribution in [0.5, 0.6) is 0 Å². The largest absolute Gasteiger partial charge is 0.394 e. The zero-order valence-electron chi connectivity index (χ0n) is 28.5. The molecule has 4 saturated carbocycles. The molecule has 8 nitrogen and oxygen atoms in total. The molecule has 8 heteroatoms.